The number of nitrogens with one attached hydrogen (secondary N) is 2. The zero-order valence-corrected chi connectivity index (χ0v) is 12.8. The number of nitrogens with two attached hydrogens (primary N) is 1. The van der Waals surface area contributed by atoms with Crippen LogP contribution in [0.2, 0.25) is 0 Å². The van der Waals surface area contributed by atoms with Crippen molar-refractivity contribution in [2.24, 2.45) is 5.84 Å². The number of anilines is 1. The van der Waals surface area contributed by atoms with E-state index in [0.717, 1.165) is 10.0 Å². The number of rotatable bonds is 5. The van der Waals surface area contributed by atoms with E-state index in [2.05, 4.69) is 31.1 Å². The molecule has 0 aliphatic carbocycles. The lowest BCUT2D eigenvalue weighted by molar-refractivity contribution is 0.581. The monoisotopic (exact) mass is 356 g/mol. The minimum absolute atomic E-state index is 0.0135. The van der Waals surface area contributed by atoms with Crippen molar-refractivity contribution in [2.75, 3.05) is 5.43 Å². The van der Waals surface area contributed by atoms with Crippen LogP contribution in [0.5, 0.6) is 0 Å². The van der Waals surface area contributed by atoms with Crippen molar-refractivity contribution in [1.29, 1.82) is 0 Å². The van der Waals surface area contributed by atoms with Crippen LogP contribution in [-0.4, -0.2) is 13.4 Å². The Morgan fingerprint density at radius 1 is 1.20 bits per heavy atom. The number of hydrazine groups is 1. The van der Waals surface area contributed by atoms with E-state index in [1.807, 2.05) is 24.3 Å². The molecule has 4 N–H and O–H groups in total. The molecule has 0 saturated heterocycles. The van der Waals surface area contributed by atoms with Crippen molar-refractivity contribution < 1.29 is 8.42 Å². The van der Waals surface area contributed by atoms with Gasteiger partial charge in [-0.15, -0.1) is 0 Å². The summed E-state index contributed by atoms with van der Waals surface area (Å²) >= 11 is 3.32. The number of sulfonamides is 1. The van der Waals surface area contributed by atoms with Crippen LogP contribution in [0.25, 0.3) is 0 Å². The van der Waals surface area contributed by atoms with Crippen LogP contribution >= 0.6 is 15.9 Å². The average molecular weight is 357 g/mol. The summed E-state index contributed by atoms with van der Waals surface area (Å²) in [5, 5.41) is 0. The molecule has 2 rings (SSSR count). The zero-order valence-electron chi connectivity index (χ0n) is 10.4. The van der Waals surface area contributed by atoms with Gasteiger partial charge < -0.3 is 5.43 Å². The first-order valence-corrected chi connectivity index (χ1v) is 7.95. The summed E-state index contributed by atoms with van der Waals surface area (Å²) in [7, 11) is -3.68. The molecule has 0 saturated carbocycles. The molecule has 1 aromatic carbocycles. The van der Waals surface area contributed by atoms with Gasteiger partial charge in [0, 0.05) is 23.4 Å². The fourth-order valence-electron chi connectivity index (χ4n) is 1.57. The summed E-state index contributed by atoms with van der Waals surface area (Å²) in [6.07, 6.45) is 2.71. The van der Waals surface area contributed by atoms with Crippen LogP contribution in [0.15, 0.2) is 52.1 Å². The van der Waals surface area contributed by atoms with E-state index >= 15 is 0 Å². The third-order valence-electron chi connectivity index (χ3n) is 2.61. The molecule has 0 atom stereocenters. The number of halogens is 1. The molecule has 2 aromatic rings. The normalized spacial score (nSPS) is 11.3. The molecule has 0 spiro atoms. The van der Waals surface area contributed by atoms with Crippen LogP contribution in [-0.2, 0) is 16.6 Å². The zero-order chi connectivity index (χ0) is 14.6. The van der Waals surface area contributed by atoms with E-state index in [9.17, 15) is 8.42 Å². The Kier molecular flexibility index (Phi) is 4.71. The minimum Gasteiger partial charge on any atom is -0.323 e. The highest BCUT2D eigenvalue weighted by atomic mass is 79.9. The molecular weight excluding hydrogens is 344 g/mol. The molecule has 0 amide bonds. The lowest BCUT2D eigenvalue weighted by Gasteiger charge is -2.10. The van der Waals surface area contributed by atoms with Gasteiger partial charge in [-0.2, -0.15) is 0 Å². The summed E-state index contributed by atoms with van der Waals surface area (Å²) in [4.78, 5) is 3.82. The predicted octanol–water partition coefficient (Wildman–Crippen LogP) is 1.61. The van der Waals surface area contributed by atoms with Crippen molar-refractivity contribution in [3.8, 4) is 0 Å². The topological polar surface area (TPSA) is 97.1 Å². The standard InChI is InChI=1S/C12H13BrN4O2S/c13-10-3-1-9(2-4-10)7-16-20(18,19)12-8-15-6-5-11(12)17-14/h1-6,8,16H,7,14H2,(H,15,17). The molecule has 0 aliphatic rings. The van der Waals surface area contributed by atoms with E-state index < -0.39 is 10.0 Å². The summed E-state index contributed by atoms with van der Waals surface area (Å²) in [5.41, 5.74) is 3.49. The van der Waals surface area contributed by atoms with E-state index in [0.29, 0.717) is 5.69 Å². The van der Waals surface area contributed by atoms with Gasteiger partial charge in [0.15, 0.2) is 0 Å². The van der Waals surface area contributed by atoms with Gasteiger partial charge in [0.1, 0.15) is 4.90 Å². The molecule has 1 aromatic heterocycles. The number of nitrogen functional groups attached to an aromatic ring is 1. The van der Waals surface area contributed by atoms with Crippen LogP contribution in [0.3, 0.4) is 0 Å². The maximum atomic E-state index is 12.2. The van der Waals surface area contributed by atoms with Crippen LogP contribution in [0.4, 0.5) is 5.69 Å². The fraction of sp³-hybridized carbons (Fsp3) is 0.0833. The molecule has 8 heteroatoms. The van der Waals surface area contributed by atoms with Crippen LogP contribution in [0.1, 0.15) is 5.56 Å². The third-order valence-corrected chi connectivity index (χ3v) is 4.57. The molecule has 0 radical (unpaired) electrons. The number of hydrogen-bond donors (Lipinski definition) is 3. The number of aromatic nitrogens is 1. The number of pyridine rings is 1. The summed E-state index contributed by atoms with van der Waals surface area (Å²) in [5.74, 6) is 5.30. The SMILES string of the molecule is NNc1ccncc1S(=O)(=O)NCc1ccc(Br)cc1. The van der Waals surface area contributed by atoms with Crippen molar-refractivity contribution in [3.05, 3.63) is 52.8 Å². The molecule has 0 fully saturated rings. The maximum absolute atomic E-state index is 12.2. The van der Waals surface area contributed by atoms with Crippen LogP contribution < -0.4 is 16.0 Å². The molecule has 106 valence electrons. The largest absolute Gasteiger partial charge is 0.323 e. The summed E-state index contributed by atoms with van der Waals surface area (Å²) < 4.78 is 27.8. The Bertz CT molecular complexity index is 689. The van der Waals surface area contributed by atoms with Gasteiger partial charge in [-0.25, -0.2) is 13.1 Å². The third kappa shape index (κ3) is 3.54. The molecule has 20 heavy (non-hydrogen) atoms. The minimum atomic E-state index is -3.68. The molecule has 0 aliphatic heterocycles. The van der Waals surface area contributed by atoms with Crippen LogP contribution in [0, 0.1) is 0 Å². The van der Waals surface area contributed by atoms with Gasteiger partial charge in [-0.1, -0.05) is 28.1 Å². The van der Waals surface area contributed by atoms with Gasteiger partial charge in [0.05, 0.1) is 5.69 Å². The number of nitrogens with zero attached hydrogens (tertiary/aromatic N) is 1. The van der Waals surface area contributed by atoms with Crippen molar-refractivity contribution in [3.63, 3.8) is 0 Å². The Morgan fingerprint density at radius 2 is 1.90 bits per heavy atom. The second-order valence-corrected chi connectivity index (χ2v) is 6.62. The average Bonchev–Trinajstić information content (AvgIpc) is 2.46. The first-order chi connectivity index (χ1) is 9.53. The Labute approximate surface area is 125 Å². The smallest absolute Gasteiger partial charge is 0.244 e. The first-order valence-electron chi connectivity index (χ1n) is 5.67. The van der Waals surface area contributed by atoms with Crippen molar-refractivity contribution >= 4 is 31.6 Å². The van der Waals surface area contributed by atoms with E-state index in [1.54, 1.807) is 0 Å². The molecule has 0 unspecified atom stereocenters. The lowest BCUT2D eigenvalue weighted by atomic mass is 10.2. The van der Waals surface area contributed by atoms with Crippen molar-refractivity contribution in [2.45, 2.75) is 11.4 Å². The Morgan fingerprint density at radius 3 is 2.55 bits per heavy atom. The predicted molar refractivity (Wildman–Crippen MR) is 80.2 cm³/mol. The highest BCUT2D eigenvalue weighted by Gasteiger charge is 2.18. The van der Waals surface area contributed by atoms with E-state index in [-0.39, 0.29) is 11.4 Å². The molecule has 6 nitrogen and oxygen atoms in total. The highest BCUT2D eigenvalue weighted by molar-refractivity contribution is 9.10. The van der Waals surface area contributed by atoms with Crippen molar-refractivity contribution in [1.82, 2.24) is 9.71 Å². The summed E-state index contributed by atoms with van der Waals surface area (Å²) in [6, 6.07) is 8.85. The highest BCUT2D eigenvalue weighted by Crippen LogP contribution is 2.18. The maximum Gasteiger partial charge on any atom is 0.244 e. The number of benzene rings is 1. The second-order valence-electron chi connectivity index (χ2n) is 3.97. The Hall–Kier alpha value is -1.48. The van der Waals surface area contributed by atoms with E-state index in [4.69, 9.17) is 5.84 Å². The molecule has 0 bridgehead atoms. The molecular formula is C12H13BrN4O2S. The quantitative estimate of drug-likeness (QED) is 0.558. The number of hydrogen-bond acceptors (Lipinski definition) is 5. The molecule has 1 heterocycles. The fourth-order valence-corrected chi connectivity index (χ4v) is 2.96. The van der Waals surface area contributed by atoms with E-state index in [1.165, 1.54) is 18.5 Å². The van der Waals surface area contributed by atoms with Gasteiger partial charge in [-0.05, 0) is 23.8 Å². The summed E-state index contributed by atoms with van der Waals surface area (Å²) in [6.45, 7) is 0.189. The second kappa shape index (κ2) is 6.31. The van der Waals surface area contributed by atoms with Gasteiger partial charge >= 0.3 is 0 Å². The lowest BCUT2D eigenvalue weighted by Crippen LogP contribution is -2.25. The van der Waals surface area contributed by atoms with Gasteiger partial charge in [0.2, 0.25) is 10.0 Å². The Balaban J connectivity index is 2.17. The van der Waals surface area contributed by atoms with Gasteiger partial charge in [-0.3, -0.25) is 10.8 Å². The first kappa shape index (κ1) is 14.9. The van der Waals surface area contributed by atoms with Gasteiger partial charge in [0.25, 0.3) is 0 Å².